The van der Waals surface area contributed by atoms with Crippen molar-refractivity contribution >= 4 is 5.78 Å². The number of ether oxygens (including phenoxy) is 2. The number of hydrogen-bond donors (Lipinski definition) is 2. The molecule has 0 saturated carbocycles. The number of allylic oxidation sites excluding steroid dienone is 4. The van der Waals surface area contributed by atoms with Gasteiger partial charge in [-0.1, -0.05) is 35.4 Å². The Bertz CT molecular complexity index is 1070. The van der Waals surface area contributed by atoms with Crippen LogP contribution in [0.1, 0.15) is 73.2 Å². The Balaban J connectivity index is 1.84. The largest absolute Gasteiger partial charge is 0.507 e. The number of rotatable bonds is 7. The lowest BCUT2D eigenvalue weighted by Crippen LogP contribution is -2.21. The second kappa shape index (κ2) is 9.94. The number of ketones is 1. The summed E-state index contributed by atoms with van der Waals surface area (Å²) in [5, 5.41) is 21.4. The molecule has 1 aliphatic heterocycles. The van der Waals surface area contributed by atoms with Crippen LogP contribution in [0.4, 0.5) is 0 Å². The van der Waals surface area contributed by atoms with Crippen molar-refractivity contribution in [2.75, 3.05) is 7.11 Å². The minimum atomic E-state index is -0.508. The van der Waals surface area contributed by atoms with Gasteiger partial charge >= 0.3 is 0 Å². The van der Waals surface area contributed by atoms with E-state index in [2.05, 4.69) is 19.9 Å². The molecular weight excluding hydrogens is 404 g/mol. The highest BCUT2D eigenvalue weighted by atomic mass is 16.5. The van der Waals surface area contributed by atoms with Crippen LogP contribution in [0.2, 0.25) is 0 Å². The molecule has 170 valence electrons. The molecule has 32 heavy (non-hydrogen) atoms. The first kappa shape index (κ1) is 23.5. The number of fused-ring (bicyclic) bond motifs is 1. The molecule has 0 bridgehead atoms. The summed E-state index contributed by atoms with van der Waals surface area (Å²) in [5.74, 6) is 0.438. The number of benzene rings is 2. The van der Waals surface area contributed by atoms with Gasteiger partial charge in [-0.2, -0.15) is 0 Å². The van der Waals surface area contributed by atoms with Crippen LogP contribution >= 0.6 is 0 Å². The van der Waals surface area contributed by atoms with Gasteiger partial charge in [0.2, 0.25) is 0 Å². The molecule has 0 radical (unpaired) electrons. The number of aryl methyl sites for hydroxylation is 1. The lowest BCUT2D eigenvalue weighted by Gasteiger charge is -2.27. The maximum absolute atomic E-state index is 12.9. The summed E-state index contributed by atoms with van der Waals surface area (Å²) in [6.45, 7) is 8.11. The topological polar surface area (TPSA) is 76.0 Å². The van der Waals surface area contributed by atoms with Crippen molar-refractivity contribution in [3.8, 4) is 23.0 Å². The van der Waals surface area contributed by atoms with Crippen molar-refractivity contribution in [2.45, 2.75) is 59.5 Å². The molecular formula is C27H32O5. The van der Waals surface area contributed by atoms with E-state index in [-0.39, 0.29) is 35.0 Å². The van der Waals surface area contributed by atoms with Crippen LogP contribution in [0.15, 0.2) is 47.6 Å². The lowest BCUT2D eigenvalue weighted by molar-refractivity contribution is 0.0844. The maximum atomic E-state index is 12.9. The molecule has 0 aliphatic carbocycles. The van der Waals surface area contributed by atoms with Crippen LogP contribution in [-0.4, -0.2) is 23.1 Å². The quantitative estimate of drug-likeness (QED) is 0.494. The molecule has 3 rings (SSSR count). The summed E-state index contributed by atoms with van der Waals surface area (Å²) in [5.41, 5.74) is 4.73. The minimum absolute atomic E-state index is 0.0791. The zero-order chi connectivity index (χ0) is 23.4. The van der Waals surface area contributed by atoms with Gasteiger partial charge in [-0.3, -0.25) is 4.79 Å². The molecule has 2 N–H and O–H groups in total. The summed E-state index contributed by atoms with van der Waals surface area (Å²) < 4.78 is 11.4. The van der Waals surface area contributed by atoms with E-state index in [0.717, 1.165) is 35.3 Å². The third-order valence-electron chi connectivity index (χ3n) is 5.81. The maximum Gasteiger partial charge on any atom is 0.174 e. The second-order valence-electron chi connectivity index (χ2n) is 8.63. The van der Waals surface area contributed by atoms with Crippen LogP contribution < -0.4 is 9.47 Å². The van der Waals surface area contributed by atoms with E-state index in [1.165, 1.54) is 11.6 Å². The molecule has 5 heteroatoms. The van der Waals surface area contributed by atoms with E-state index in [1.807, 2.05) is 38.1 Å². The molecule has 5 nitrogen and oxygen atoms in total. The molecule has 1 atom stereocenters. The summed E-state index contributed by atoms with van der Waals surface area (Å²) in [4.78, 5) is 12.9. The number of carbonyl (C=O) groups excluding carboxylic acids is 1. The smallest absolute Gasteiger partial charge is 0.174 e. The molecule has 0 fully saturated rings. The second-order valence-corrected chi connectivity index (χ2v) is 8.63. The lowest BCUT2D eigenvalue weighted by atomic mass is 9.92. The van der Waals surface area contributed by atoms with Gasteiger partial charge in [0.1, 0.15) is 34.7 Å². The summed E-state index contributed by atoms with van der Waals surface area (Å²) in [7, 11) is 1.60. The summed E-state index contributed by atoms with van der Waals surface area (Å²) >= 11 is 0. The van der Waals surface area contributed by atoms with Gasteiger partial charge in [0.15, 0.2) is 5.78 Å². The first-order chi connectivity index (χ1) is 15.2. The Morgan fingerprint density at radius 1 is 1.19 bits per heavy atom. The van der Waals surface area contributed by atoms with Gasteiger partial charge in [0, 0.05) is 11.6 Å². The van der Waals surface area contributed by atoms with Crippen LogP contribution in [0.5, 0.6) is 23.0 Å². The van der Waals surface area contributed by atoms with Crippen LogP contribution in [0.3, 0.4) is 0 Å². The number of carbonyl (C=O) groups is 1. The van der Waals surface area contributed by atoms with Gasteiger partial charge < -0.3 is 19.7 Å². The number of aromatic hydroxyl groups is 2. The van der Waals surface area contributed by atoms with Crippen LogP contribution in [-0.2, 0) is 6.42 Å². The SMILES string of the molecule is COc1cc(C2CC(=O)c3c(cc(O)c(C/C=C(\C)CCC=C(C)C)c3O)O2)ccc1C. The van der Waals surface area contributed by atoms with Crippen molar-refractivity contribution in [3.63, 3.8) is 0 Å². The first-order valence-electron chi connectivity index (χ1n) is 10.9. The van der Waals surface area contributed by atoms with E-state index in [9.17, 15) is 15.0 Å². The van der Waals surface area contributed by atoms with Gasteiger partial charge in [-0.15, -0.1) is 0 Å². The number of hydrogen-bond acceptors (Lipinski definition) is 5. The highest BCUT2D eigenvalue weighted by Gasteiger charge is 2.32. The van der Waals surface area contributed by atoms with E-state index in [4.69, 9.17) is 9.47 Å². The monoisotopic (exact) mass is 436 g/mol. The molecule has 0 aromatic heterocycles. The molecule has 0 amide bonds. The zero-order valence-electron chi connectivity index (χ0n) is 19.5. The normalized spacial score (nSPS) is 15.7. The number of methoxy groups -OCH3 is 1. The standard InChI is InChI=1S/C27H32O5/c1-16(2)7-6-8-17(3)9-12-20-21(28)14-25-26(27(20)30)22(29)15-24(32-25)19-11-10-18(4)23(13-19)31-5/h7,9-11,13-14,24,28,30H,6,8,12,15H2,1-5H3/b17-9+. The Labute approximate surface area is 190 Å². The number of phenolic OH excluding ortho intramolecular Hbond substituents is 2. The highest BCUT2D eigenvalue weighted by Crippen LogP contribution is 2.45. The third kappa shape index (κ3) is 5.16. The van der Waals surface area contributed by atoms with Crippen molar-refractivity contribution in [1.29, 1.82) is 0 Å². The average Bonchev–Trinajstić information content (AvgIpc) is 2.73. The number of phenols is 2. The zero-order valence-corrected chi connectivity index (χ0v) is 19.5. The van der Waals surface area contributed by atoms with Gasteiger partial charge in [0.05, 0.1) is 13.5 Å². The van der Waals surface area contributed by atoms with Gasteiger partial charge in [-0.25, -0.2) is 0 Å². The average molecular weight is 437 g/mol. The van der Waals surface area contributed by atoms with E-state index >= 15 is 0 Å². The van der Waals surface area contributed by atoms with Crippen LogP contribution in [0.25, 0.3) is 0 Å². The van der Waals surface area contributed by atoms with Crippen molar-refractivity contribution < 1.29 is 24.5 Å². The van der Waals surface area contributed by atoms with Gasteiger partial charge in [0.25, 0.3) is 0 Å². The molecule has 1 aliphatic rings. The summed E-state index contributed by atoms with van der Waals surface area (Å²) in [6, 6.07) is 7.11. The minimum Gasteiger partial charge on any atom is -0.507 e. The summed E-state index contributed by atoms with van der Waals surface area (Å²) in [6.07, 6.45) is 5.96. The highest BCUT2D eigenvalue weighted by molar-refractivity contribution is 6.03. The molecule has 2 aromatic carbocycles. The number of Topliss-reactive ketones (excluding diaryl/α,β-unsaturated/α-hetero) is 1. The van der Waals surface area contributed by atoms with Crippen molar-refractivity contribution in [3.05, 3.63) is 69.8 Å². The Morgan fingerprint density at radius 2 is 1.94 bits per heavy atom. The fourth-order valence-corrected chi connectivity index (χ4v) is 3.89. The fourth-order valence-electron chi connectivity index (χ4n) is 3.89. The predicted octanol–water partition coefficient (Wildman–Crippen LogP) is 6.36. The van der Waals surface area contributed by atoms with Crippen molar-refractivity contribution in [2.24, 2.45) is 0 Å². The Kier molecular flexibility index (Phi) is 7.29. The molecule has 1 heterocycles. The van der Waals surface area contributed by atoms with Crippen LogP contribution in [0, 0.1) is 6.92 Å². The predicted molar refractivity (Wildman–Crippen MR) is 126 cm³/mol. The van der Waals surface area contributed by atoms with E-state index < -0.39 is 6.10 Å². The molecule has 0 saturated heterocycles. The van der Waals surface area contributed by atoms with E-state index in [0.29, 0.717) is 12.0 Å². The Hall–Kier alpha value is -3.21. The Morgan fingerprint density at radius 3 is 2.62 bits per heavy atom. The van der Waals surface area contributed by atoms with Crippen molar-refractivity contribution in [1.82, 2.24) is 0 Å². The molecule has 1 unspecified atom stereocenters. The van der Waals surface area contributed by atoms with Gasteiger partial charge in [-0.05, 0) is 64.2 Å². The fraction of sp³-hybridized carbons (Fsp3) is 0.370. The molecule has 2 aromatic rings. The molecule has 0 spiro atoms. The third-order valence-corrected chi connectivity index (χ3v) is 5.81. The van der Waals surface area contributed by atoms with E-state index in [1.54, 1.807) is 7.11 Å². The first-order valence-corrected chi connectivity index (χ1v) is 10.9.